The number of carbonyl (C=O) groups is 2. The van der Waals surface area contributed by atoms with E-state index in [1.807, 2.05) is 0 Å². The summed E-state index contributed by atoms with van der Waals surface area (Å²) in [5.74, 6) is -0.504. The highest BCUT2D eigenvalue weighted by Gasteiger charge is 2.14. The highest BCUT2D eigenvalue weighted by atomic mass is 16.5. The Bertz CT molecular complexity index is 183. The zero-order valence-electron chi connectivity index (χ0n) is 7.49. The summed E-state index contributed by atoms with van der Waals surface area (Å²) in [6.45, 7) is 1.99. The largest absolute Gasteiger partial charge is 0.465 e. The number of carbonyl (C=O) groups excluding carboxylic acids is 2. The third kappa shape index (κ3) is 5.92. The van der Waals surface area contributed by atoms with Crippen molar-refractivity contribution in [1.29, 1.82) is 0 Å². The van der Waals surface area contributed by atoms with Crippen molar-refractivity contribution in [1.82, 2.24) is 0 Å². The summed E-state index contributed by atoms with van der Waals surface area (Å²) >= 11 is 0. The minimum atomic E-state index is -0.879. The van der Waals surface area contributed by atoms with Gasteiger partial charge in [-0.3, -0.25) is 4.79 Å². The average Bonchev–Trinajstić information content (AvgIpc) is 2.04. The molecule has 0 rings (SSSR count). The molecule has 6 nitrogen and oxygen atoms in total. The van der Waals surface area contributed by atoms with Crippen molar-refractivity contribution in [2.45, 2.75) is 19.4 Å². The second-order valence-corrected chi connectivity index (χ2v) is 2.31. The molecule has 13 heavy (non-hydrogen) atoms. The molecule has 0 aromatic heterocycles. The van der Waals surface area contributed by atoms with Gasteiger partial charge in [0.1, 0.15) is 6.04 Å². The van der Waals surface area contributed by atoms with Crippen molar-refractivity contribution in [2.24, 2.45) is 11.5 Å². The Hall–Kier alpha value is -1.30. The van der Waals surface area contributed by atoms with Crippen molar-refractivity contribution in [3.8, 4) is 0 Å². The molecule has 0 aliphatic carbocycles. The Morgan fingerprint density at radius 1 is 1.38 bits per heavy atom. The number of hydrogen-bond donors (Lipinski definition) is 2. The summed E-state index contributed by atoms with van der Waals surface area (Å²) in [5, 5.41) is 0. The van der Waals surface area contributed by atoms with Gasteiger partial charge in [0, 0.05) is 6.42 Å². The highest BCUT2D eigenvalue weighted by molar-refractivity contribution is 5.75. The first-order valence-corrected chi connectivity index (χ1v) is 3.92. The number of hydrogen-bond acceptors (Lipinski definition) is 5. The lowest BCUT2D eigenvalue weighted by Gasteiger charge is -2.09. The minimum absolute atomic E-state index is 0.0231. The van der Waals surface area contributed by atoms with Crippen molar-refractivity contribution in [3.05, 3.63) is 0 Å². The first kappa shape index (κ1) is 11.7. The Labute approximate surface area is 76.2 Å². The number of nitrogens with two attached hydrogens (primary N) is 2. The number of esters is 1. The van der Waals surface area contributed by atoms with Gasteiger partial charge in [-0.05, 0) is 6.92 Å². The third-order valence-corrected chi connectivity index (χ3v) is 1.26. The monoisotopic (exact) mass is 190 g/mol. The van der Waals surface area contributed by atoms with E-state index >= 15 is 0 Å². The molecule has 1 amide bonds. The molecule has 0 aromatic rings. The van der Waals surface area contributed by atoms with Crippen LogP contribution in [0.1, 0.15) is 13.3 Å². The van der Waals surface area contributed by atoms with Gasteiger partial charge in [0.05, 0.1) is 13.2 Å². The van der Waals surface area contributed by atoms with Gasteiger partial charge in [0.25, 0.3) is 0 Å². The number of primary amides is 1. The molecule has 6 heteroatoms. The van der Waals surface area contributed by atoms with E-state index in [2.05, 4.69) is 9.47 Å². The molecule has 76 valence electrons. The number of amides is 1. The second kappa shape index (κ2) is 6.24. The summed E-state index contributed by atoms with van der Waals surface area (Å²) in [6.07, 6.45) is -0.669. The van der Waals surface area contributed by atoms with Crippen molar-refractivity contribution < 1.29 is 19.1 Å². The van der Waals surface area contributed by atoms with Crippen LogP contribution in [0.3, 0.4) is 0 Å². The van der Waals surface area contributed by atoms with E-state index in [9.17, 15) is 9.59 Å². The van der Waals surface area contributed by atoms with Crippen LogP contribution >= 0.6 is 0 Å². The van der Waals surface area contributed by atoms with Gasteiger partial charge < -0.3 is 20.9 Å². The fraction of sp³-hybridized carbons (Fsp3) is 0.714. The summed E-state index contributed by atoms with van der Waals surface area (Å²) in [5.41, 5.74) is 10.1. The lowest BCUT2D eigenvalue weighted by Crippen LogP contribution is -2.34. The van der Waals surface area contributed by atoms with Crippen LogP contribution in [0.25, 0.3) is 0 Å². The maximum absolute atomic E-state index is 10.9. The van der Waals surface area contributed by atoms with Crippen LogP contribution in [0.2, 0.25) is 0 Å². The van der Waals surface area contributed by atoms with Gasteiger partial charge in [-0.1, -0.05) is 0 Å². The van der Waals surface area contributed by atoms with Crippen molar-refractivity contribution in [2.75, 3.05) is 13.2 Å². The molecule has 0 saturated heterocycles. The Kier molecular flexibility index (Phi) is 5.62. The normalized spacial score (nSPS) is 11.8. The molecule has 0 radical (unpaired) electrons. The molecule has 1 atom stereocenters. The van der Waals surface area contributed by atoms with Crippen LogP contribution in [-0.2, 0) is 14.3 Å². The van der Waals surface area contributed by atoms with Crippen molar-refractivity contribution >= 4 is 12.1 Å². The molecular weight excluding hydrogens is 176 g/mol. The fourth-order valence-corrected chi connectivity index (χ4v) is 0.654. The molecule has 0 aliphatic heterocycles. The lowest BCUT2D eigenvalue weighted by atomic mass is 10.2. The molecule has 0 heterocycles. The van der Waals surface area contributed by atoms with Gasteiger partial charge in [0.15, 0.2) is 0 Å². The van der Waals surface area contributed by atoms with E-state index < -0.39 is 18.1 Å². The molecule has 0 aliphatic rings. The zero-order valence-corrected chi connectivity index (χ0v) is 7.49. The van der Waals surface area contributed by atoms with E-state index in [4.69, 9.17) is 11.5 Å². The van der Waals surface area contributed by atoms with E-state index in [1.165, 1.54) is 0 Å². The topological polar surface area (TPSA) is 105 Å². The molecule has 0 fully saturated rings. The summed E-state index contributed by atoms with van der Waals surface area (Å²) < 4.78 is 9.02. The van der Waals surface area contributed by atoms with Gasteiger partial charge in [-0.2, -0.15) is 0 Å². The summed E-state index contributed by atoms with van der Waals surface area (Å²) in [7, 11) is 0. The smallest absolute Gasteiger partial charge is 0.404 e. The predicted molar refractivity (Wildman–Crippen MR) is 44.8 cm³/mol. The molecule has 0 spiro atoms. The van der Waals surface area contributed by atoms with Crippen LogP contribution in [0.15, 0.2) is 0 Å². The predicted octanol–water partition coefficient (Wildman–Crippen LogP) is -0.638. The molecule has 0 saturated carbocycles. The number of rotatable bonds is 5. The first-order valence-electron chi connectivity index (χ1n) is 3.92. The van der Waals surface area contributed by atoms with Gasteiger partial charge in [-0.25, -0.2) is 4.79 Å². The Morgan fingerprint density at radius 2 is 2.00 bits per heavy atom. The fourth-order valence-electron chi connectivity index (χ4n) is 0.654. The van der Waals surface area contributed by atoms with Gasteiger partial charge in [0.2, 0.25) is 0 Å². The lowest BCUT2D eigenvalue weighted by molar-refractivity contribution is -0.145. The van der Waals surface area contributed by atoms with Gasteiger partial charge in [-0.15, -0.1) is 0 Å². The van der Waals surface area contributed by atoms with E-state index in [0.717, 1.165) is 0 Å². The third-order valence-electron chi connectivity index (χ3n) is 1.26. The maximum Gasteiger partial charge on any atom is 0.404 e. The molecular formula is C7H14N2O4. The van der Waals surface area contributed by atoms with Crippen LogP contribution in [-0.4, -0.2) is 31.3 Å². The zero-order chi connectivity index (χ0) is 10.3. The second-order valence-electron chi connectivity index (χ2n) is 2.31. The molecule has 4 N–H and O–H groups in total. The van der Waals surface area contributed by atoms with Crippen LogP contribution in [0.5, 0.6) is 0 Å². The van der Waals surface area contributed by atoms with Crippen LogP contribution in [0.4, 0.5) is 4.79 Å². The molecule has 0 aromatic carbocycles. The highest BCUT2D eigenvalue weighted by Crippen LogP contribution is 1.93. The summed E-state index contributed by atoms with van der Waals surface area (Å²) in [4.78, 5) is 21.0. The standard InChI is InChI=1S/C7H14N2O4/c1-2-12-6(10)5(8)3-4-13-7(9)11/h5H,2-4,8H2,1H3,(H2,9,11)/t5-/m0/s1. The molecule has 0 unspecified atom stereocenters. The quantitative estimate of drug-likeness (QED) is 0.561. The number of ether oxygens (including phenoxy) is 2. The first-order chi connectivity index (χ1) is 6.07. The van der Waals surface area contributed by atoms with E-state index in [1.54, 1.807) is 6.92 Å². The Balaban J connectivity index is 3.55. The summed E-state index contributed by atoms with van der Waals surface area (Å²) in [6, 6.07) is -0.765. The molecule has 0 bridgehead atoms. The van der Waals surface area contributed by atoms with Crippen LogP contribution in [0, 0.1) is 0 Å². The Morgan fingerprint density at radius 3 is 2.46 bits per heavy atom. The SMILES string of the molecule is CCOC(=O)[C@@H](N)CCOC(N)=O. The van der Waals surface area contributed by atoms with E-state index in [-0.39, 0.29) is 19.6 Å². The van der Waals surface area contributed by atoms with Crippen molar-refractivity contribution in [3.63, 3.8) is 0 Å². The van der Waals surface area contributed by atoms with Crippen LogP contribution < -0.4 is 11.5 Å². The average molecular weight is 190 g/mol. The van der Waals surface area contributed by atoms with Gasteiger partial charge >= 0.3 is 12.1 Å². The maximum atomic E-state index is 10.9. The minimum Gasteiger partial charge on any atom is -0.465 e. The van der Waals surface area contributed by atoms with E-state index in [0.29, 0.717) is 0 Å².